The van der Waals surface area contributed by atoms with Crippen LogP contribution < -0.4 is 11.1 Å². The lowest BCUT2D eigenvalue weighted by Crippen LogP contribution is -2.49. The van der Waals surface area contributed by atoms with E-state index in [9.17, 15) is 9.59 Å². The van der Waals surface area contributed by atoms with Crippen molar-refractivity contribution in [3.63, 3.8) is 0 Å². The number of carboxylic acid groups (broad SMARTS) is 1. The Balaban J connectivity index is 2.53. The Morgan fingerprint density at radius 1 is 1.41 bits per heavy atom. The Kier molecular flexibility index (Phi) is 5.41. The number of carbonyl (C=O) groups is 2. The van der Waals surface area contributed by atoms with Crippen molar-refractivity contribution in [3.8, 4) is 0 Å². The van der Waals surface area contributed by atoms with Crippen LogP contribution in [0.2, 0.25) is 0 Å². The molecule has 0 bridgehead atoms. The van der Waals surface area contributed by atoms with Crippen LogP contribution in [0, 0.1) is 5.92 Å². The molecule has 5 heteroatoms. The molecule has 3 atom stereocenters. The highest BCUT2D eigenvalue weighted by Crippen LogP contribution is 2.23. The first-order chi connectivity index (χ1) is 8.06. The Labute approximate surface area is 102 Å². The fourth-order valence-electron chi connectivity index (χ4n) is 2.31. The van der Waals surface area contributed by atoms with Crippen LogP contribution in [-0.4, -0.2) is 29.1 Å². The lowest BCUT2D eigenvalue weighted by Gasteiger charge is -2.28. The highest BCUT2D eigenvalue weighted by molar-refractivity contribution is 5.85. The van der Waals surface area contributed by atoms with Crippen LogP contribution in [0.5, 0.6) is 0 Å². The molecule has 0 radical (unpaired) electrons. The van der Waals surface area contributed by atoms with Crippen molar-refractivity contribution in [2.45, 2.75) is 57.5 Å². The molecule has 1 aliphatic carbocycles. The van der Waals surface area contributed by atoms with Crippen LogP contribution in [0.1, 0.15) is 45.4 Å². The van der Waals surface area contributed by atoms with Crippen LogP contribution in [0.15, 0.2) is 0 Å². The fourth-order valence-corrected chi connectivity index (χ4v) is 2.31. The van der Waals surface area contributed by atoms with Gasteiger partial charge in [-0.3, -0.25) is 4.79 Å². The van der Waals surface area contributed by atoms with E-state index in [1.165, 1.54) is 0 Å². The van der Waals surface area contributed by atoms with Crippen LogP contribution in [0.25, 0.3) is 0 Å². The zero-order valence-electron chi connectivity index (χ0n) is 10.3. The minimum atomic E-state index is -0.968. The largest absolute Gasteiger partial charge is 0.480 e. The molecule has 0 aromatic heterocycles. The zero-order valence-corrected chi connectivity index (χ0v) is 10.3. The van der Waals surface area contributed by atoms with E-state index in [4.69, 9.17) is 10.8 Å². The highest BCUT2D eigenvalue weighted by atomic mass is 16.4. The van der Waals surface area contributed by atoms with Crippen LogP contribution in [-0.2, 0) is 9.59 Å². The van der Waals surface area contributed by atoms with Gasteiger partial charge in [0.05, 0.1) is 5.92 Å². The summed E-state index contributed by atoms with van der Waals surface area (Å²) in [5.74, 6) is -1.38. The van der Waals surface area contributed by atoms with Gasteiger partial charge in [-0.15, -0.1) is 0 Å². The maximum Gasteiger partial charge on any atom is 0.326 e. The van der Waals surface area contributed by atoms with Crippen molar-refractivity contribution >= 4 is 11.9 Å². The average Bonchev–Trinajstić information content (AvgIpc) is 2.28. The standard InChI is InChI=1S/C12H22N2O3/c1-2-5-10(12(16)17)14-11(15)8-6-3-4-7-9(8)13/h8-10H,2-7,13H2,1H3,(H,14,15)(H,16,17). The van der Waals surface area contributed by atoms with Crippen molar-refractivity contribution < 1.29 is 14.7 Å². The summed E-state index contributed by atoms with van der Waals surface area (Å²) in [5, 5.41) is 11.6. The minimum Gasteiger partial charge on any atom is -0.480 e. The van der Waals surface area contributed by atoms with E-state index in [0.29, 0.717) is 6.42 Å². The molecule has 1 rings (SSSR count). The number of aliphatic carboxylic acids is 1. The van der Waals surface area contributed by atoms with E-state index in [1.807, 2.05) is 6.92 Å². The van der Waals surface area contributed by atoms with Gasteiger partial charge in [0.1, 0.15) is 6.04 Å². The first kappa shape index (κ1) is 14.0. The van der Waals surface area contributed by atoms with Crippen molar-refractivity contribution in [1.82, 2.24) is 5.32 Å². The summed E-state index contributed by atoms with van der Waals surface area (Å²) in [7, 11) is 0. The molecule has 1 amide bonds. The van der Waals surface area contributed by atoms with Gasteiger partial charge in [-0.05, 0) is 19.3 Å². The Hall–Kier alpha value is -1.10. The van der Waals surface area contributed by atoms with E-state index >= 15 is 0 Å². The second-order valence-corrected chi connectivity index (χ2v) is 4.74. The van der Waals surface area contributed by atoms with Gasteiger partial charge in [0, 0.05) is 6.04 Å². The molecule has 0 heterocycles. The van der Waals surface area contributed by atoms with Gasteiger partial charge < -0.3 is 16.2 Å². The predicted octanol–water partition coefficient (Wildman–Crippen LogP) is 0.873. The number of hydrogen-bond donors (Lipinski definition) is 3. The molecule has 1 saturated carbocycles. The van der Waals surface area contributed by atoms with Crippen molar-refractivity contribution in [2.75, 3.05) is 0 Å². The van der Waals surface area contributed by atoms with Crippen LogP contribution >= 0.6 is 0 Å². The maximum absolute atomic E-state index is 11.9. The van der Waals surface area contributed by atoms with Gasteiger partial charge in [-0.1, -0.05) is 26.2 Å². The molecule has 0 aromatic carbocycles. The summed E-state index contributed by atoms with van der Waals surface area (Å²) < 4.78 is 0. The monoisotopic (exact) mass is 242 g/mol. The number of carbonyl (C=O) groups excluding carboxylic acids is 1. The smallest absolute Gasteiger partial charge is 0.326 e. The first-order valence-corrected chi connectivity index (χ1v) is 6.35. The summed E-state index contributed by atoms with van der Waals surface area (Å²) in [6.07, 6.45) is 4.87. The zero-order chi connectivity index (χ0) is 12.8. The average molecular weight is 242 g/mol. The fraction of sp³-hybridized carbons (Fsp3) is 0.833. The molecular formula is C12H22N2O3. The Bertz CT molecular complexity index is 281. The van der Waals surface area contributed by atoms with Gasteiger partial charge in [0.2, 0.25) is 5.91 Å². The van der Waals surface area contributed by atoms with E-state index in [0.717, 1.165) is 32.1 Å². The number of nitrogens with two attached hydrogens (primary N) is 1. The van der Waals surface area contributed by atoms with Crippen LogP contribution in [0.4, 0.5) is 0 Å². The Morgan fingerprint density at radius 2 is 2.06 bits per heavy atom. The SMILES string of the molecule is CCCC(NC(=O)C1CCCCC1N)C(=O)O. The van der Waals surface area contributed by atoms with Gasteiger partial charge in [-0.2, -0.15) is 0 Å². The molecule has 98 valence electrons. The van der Waals surface area contributed by atoms with Gasteiger partial charge in [-0.25, -0.2) is 4.79 Å². The summed E-state index contributed by atoms with van der Waals surface area (Å²) >= 11 is 0. The van der Waals surface area contributed by atoms with Gasteiger partial charge in [0.25, 0.3) is 0 Å². The number of nitrogens with one attached hydrogen (secondary N) is 1. The summed E-state index contributed by atoms with van der Waals surface area (Å²) in [4.78, 5) is 22.9. The molecular weight excluding hydrogens is 220 g/mol. The number of rotatable bonds is 5. The van der Waals surface area contributed by atoms with E-state index in [-0.39, 0.29) is 17.9 Å². The normalized spacial score (nSPS) is 26.2. The minimum absolute atomic E-state index is 0.125. The van der Waals surface area contributed by atoms with E-state index in [2.05, 4.69) is 5.32 Å². The molecule has 17 heavy (non-hydrogen) atoms. The van der Waals surface area contributed by atoms with Crippen molar-refractivity contribution in [3.05, 3.63) is 0 Å². The summed E-state index contributed by atoms with van der Waals surface area (Å²) in [6.45, 7) is 1.90. The Morgan fingerprint density at radius 3 is 2.59 bits per heavy atom. The molecule has 1 fully saturated rings. The quantitative estimate of drug-likeness (QED) is 0.667. The predicted molar refractivity (Wildman–Crippen MR) is 64.4 cm³/mol. The molecule has 0 aromatic rings. The second kappa shape index (κ2) is 6.59. The molecule has 1 aliphatic rings. The number of carboxylic acids is 1. The third kappa shape index (κ3) is 4.00. The molecule has 0 spiro atoms. The first-order valence-electron chi connectivity index (χ1n) is 6.35. The third-order valence-electron chi connectivity index (χ3n) is 3.35. The second-order valence-electron chi connectivity index (χ2n) is 4.74. The van der Waals surface area contributed by atoms with Gasteiger partial charge >= 0.3 is 5.97 Å². The number of amides is 1. The van der Waals surface area contributed by atoms with Crippen LogP contribution in [0.3, 0.4) is 0 Å². The lowest BCUT2D eigenvalue weighted by atomic mass is 9.84. The molecule has 0 saturated heterocycles. The molecule has 3 unspecified atom stereocenters. The lowest BCUT2D eigenvalue weighted by molar-refractivity contribution is -0.143. The summed E-state index contributed by atoms with van der Waals surface area (Å²) in [6, 6.07) is -0.901. The molecule has 4 N–H and O–H groups in total. The topological polar surface area (TPSA) is 92.4 Å². The van der Waals surface area contributed by atoms with E-state index < -0.39 is 12.0 Å². The highest BCUT2D eigenvalue weighted by Gasteiger charge is 2.30. The van der Waals surface area contributed by atoms with Crippen molar-refractivity contribution in [1.29, 1.82) is 0 Å². The summed E-state index contributed by atoms with van der Waals surface area (Å²) in [5.41, 5.74) is 5.90. The third-order valence-corrected chi connectivity index (χ3v) is 3.35. The molecule has 0 aliphatic heterocycles. The maximum atomic E-state index is 11.9. The molecule has 5 nitrogen and oxygen atoms in total. The van der Waals surface area contributed by atoms with Gasteiger partial charge in [0.15, 0.2) is 0 Å². The number of hydrogen-bond acceptors (Lipinski definition) is 3. The van der Waals surface area contributed by atoms with E-state index in [1.54, 1.807) is 0 Å². The van der Waals surface area contributed by atoms with Crippen molar-refractivity contribution in [2.24, 2.45) is 11.7 Å².